The standard InChI is InChI=1S/C16H16FN3O2/c17-13-4-1-3-12(11-13)16(21)20-9-6-14(7-10-20)22-15-5-2-8-18-19-15/h1-5,8,11,14H,6-7,9-10H2. The summed E-state index contributed by atoms with van der Waals surface area (Å²) in [6.45, 7) is 1.17. The van der Waals surface area contributed by atoms with Crippen LogP contribution < -0.4 is 4.74 Å². The summed E-state index contributed by atoms with van der Waals surface area (Å²) in [6, 6.07) is 9.31. The lowest BCUT2D eigenvalue weighted by Crippen LogP contribution is -2.41. The average Bonchev–Trinajstić information content (AvgIpc) is 2.56. The predicted octanol–water partition coefficient (Wildman–Crippen LogP) is 2.30. The number of hydrogen-bond donors (Lipinski definition) is 0. The Balaban J connectivity index is 1.56. The smallest absolute Gasteiger partial charge is 0.253 e. The van der Waals surface area contributed by atoms with Gasteiger partial charge in [-0.3, -0.25) is 4.79 Å². The summed E-state index contributed by atoms with van der Waals surface area (Å²) in [5, 5.41) is 7.66. The van der Waals surface area contributed by atoms with Crippen molar-refractivity contribution in [2.45, 2.75) is 18.9 Å². The van der Waals surface area contributed by atoms with Crippen LogP contribution in [0.25, 0.3) is 0 Å². The number of aromatic nitrogens is 2. The van der Waals surface area contributed by atoms with Gasteiger partial charge in [-0.25, -0.2) is 4.39 Å². The predicted molar refractivity (Wildman–Crippen MR) is 78.0 cm³/mol. The summed E-state index contributed by atoms with van der Waals surface area (Å²) in [4.78, 5) is 14.0. The molecule has 0 spiro atoms. The fraction of sp³-hybridized carbons (Fsp3) is 0.312. The number of ether oxygens (including phenoxy) is 1. The van der Waals surface area contributed by atoms with Crippen molar-refractivity contribution < 1.29 is 13.9 Å². The van der Waals surface area contributed by atoms with Gasteiger partial charge in [-0.1, -0.05) is 6.07 Å². The first-order chi connectivity index (χ1) is 10.7. The number of piperidine rings is 1. The molecule has 0 unspecified atom stereocenters. The Morgan fingerprint density at radius 2 is 2.05 bits per heavy atom. The maximum Gasteiger partial charge on any atom is 0.253 e. The Morgan fingerprint density at radius 3 is 2.73 bits per heavy atom. The summed E-state index contributed by atoms with van der Waals surface area (Å²) in [5.41, 5.74) is 0.383. The molecule has 1 aliphatic rings. The number of carbonyl (C=O) groups is 1. The second kappa shape index (κ2) is 6.51. The average molecular weight is 301 g/mol. The SMILES string of the molecule is O=C(c1cccc(F)c1)N1CCC(Oc2cccnn2)CC1. The number of likely N-dealkylation sites (tertiary alicyclic amines) is 1. The van der Waals surface area contributed by atoms with Gasteiger partial charge < -0.3 is 9.64 Å². The van der Waals surface area contributed by atoms with Gasteiger partial charge in [-0.2, -0.15) is 5.10 Å². The minimum absolute atomic E-state index is 0.0215. The summed E-state index contributed by atoms with van der Waals surface area (Å²) >= 11 is 0. The van der Waals surface area contributed by atoms with Gasteiger partial charge in [0.25, 0.3) is 5.91 Å². The number of carbonyl (C=O) groups excluding carboxylic acids is 1. The molecule has 1 aromatic heterocycles. The third-order valence-corrected chi connectivity index (χ3v) is 3.64. The maximum atomic E-state index is 13.2. The molecule has 22 heavy (non-hydrogen) atoms. The molecule has 1 aromatic carbocycles. The first-order valence-corrected chi connectivity index (χ1v) is 7.21. The molecule has 0 aliphatic carbocycles. The molecule has 114 valence electrons. The maximum absolute atomic E-state index is 13.2. The lowest BCUT2D eigenvalue weighted by atomic mass is 10.1. The number of amides is 1. The Bertz CT molecular complexity index is 643. The van der Waals surface area contributed by atoms with E-state index in [2.05, 4.69) is 10.2 Å². The van der Waals surface area contributed by atoms with E-state index in [9.17, 15) is 9.18 Å². The molecule has 0 saturated carbocycles. The minimum Gasteiger partial charge on any atom is -0.473 e. The van der Waals surface area contributed by atoms with E-state index in [1.165, 1.54) is 12.1 Å². The highest BCUT2D eigenvalue weighted by Gasteiger charge is 2.25. The molecule has 0 radical (unpaired) electrons. The highest BCUT2D eigenvalue weighted by atomic mass is 19.1. The third kappa shape index (κ3) is 3.39. The van der Waals surface area contributed by atoms with E-state index >= 15 is 0 Å². The summed E-state index contributed by atoms with van der Waals surface area (Å²) in [7, 11) is 0. The first-order valence-electron chi connectivity index (χ1n) is 7.21. The molecule has 3 rings (SSSR count). The van der Waals surface area contributed by atoms with Crippen LogP contribution in [0.2, 0.25) is 0 Å². The number of benzene rings is 1. The van der Waals surface area contributed by atoms with Crippen LogP contribution in [-0.2, 0) is 0 Å². The zero-order valence-electron chi connectivity index (χ0n) is 12.0. The Kier molecular flexibility index (Phi) is 4.27. The number of halogens is 1. The molecule has 2 aromatic rings. The van der Waals surface area contributed by atoms with E-state index < -0.39 is 5.82 Å². The second-order valence-corrected chi connectivity index (χ2v) is 5.18. The van der Waals surface area contributed by atoms with E-state index in [1.54, 1.807) is 35.4 Å². The largest absolute Gasteiger partial charge is 0.473 e. The fourth-order valence-corrected chi connectivity index (χ4v) is 2.50. The van der Waals surface area contributed by atoms with Crippen molar-refractivity contribution in [2.75, 3.05) is 13.1 Å². The molecule has 1 amide bonds. The van der Waals surface area contributed by atoms with Gasteiger partial charge in [0.1, 0.15) is 11.9 Å². The van der Waals surface area contributed by atoms with Crippen molar-refractivity contribution in [1.29, 1.82) is 0 Å². The molecule has 1 aliphatic heterocycles. The monoisotopic (exact) mass is 301 g/mol. The van der Waals surface area contributed by atoms with Crippen LogP contribution in [-0.4, -0.2) is 40.2 Å². The van der Waals surface area contributed by atoms with Crippen molar-refractivity contribution in [2.24, 2.45) is 0 Å². The summed E-state index contributed by atoms with van der Waals surface area (Å²) in [5.74, 6) is -0.0402. The van der Waals surface area contributed by atoms with E-state index in [1.807, 2.05) is 0 Å². The quantitative estimate of drug-likeness (QED) is 0.873. The van der Waals surface area contributed by atoms with Crippen LogP contribution in [0.1, 0.15) is 23.2 Å². The molecule has 1 saturated heterocycles. The van der Waals surface area contributed by atoms with Gasteiger partial charge in [0.05, 0.1) is 0 Å². The number of hydrogen-bond acceptors (Lipinski definition) is 4. The van der Waals surface area contributed by atoms with Gasteiger partial charge in [0.15, 0.2) is 0 Å². The van der Waals surface area contributed by atoms with Crippen LogP contribution in [0, 0.1) is 5.82 Å². The van der Waals surface area contributed by atoms with Crippen molar-refractivity contribution >= 4 is 5.91 Å². The van der Waals surface area contributed by atoms with Crippen LogP contribution >= 0.6 is 0 Å². The normalized spacial score (nSPS) is 15.6. The topological polar surface area (TPSA) is 55.3 Å². The van der Waals surface area contributed by atoms with Crippen molar-refractivity contribution in [3.63, 3.8) is 0 Å². The van der Waals surface area contributed by atoms with Gasteiger partial charge in [0, 0.05) is 43.8 Å². The highest BCUT2D eigenvalue weighted by molar-refractivity contribution is 5.94. The molecule has 2 heterocycles. The molecular formula is C16H16FN3O2. The molecule has 5 nitrogen and oxygen atoms in total. The highest BCUT2D eigenvalue weighted by Crippen LogP contribution is 2.18. The number of nitrogens with zero attached hydrogens (tertiary/aromatic N) is 3. The molecule has 0 bridgehead atoms. The zero-order valence-corrected chi connectivity index (χ0v) is 12.0. The van der Waals surface area contributed by atoms with Crippen LogP contribution in [0.3, 0.4) is 0 Å². The second-order valence-electron chi connectivity index (χ2n) is 5.18. The Hall–Kier alpha value is -2.50. The van der Waals surface area contributed by atoms with Crippen molar-refractivity contribution in [3.05, 3.63) is 54.0 Å². The van der Waals surface area contributed by atoms with Gasteiger partial charge >= 0.3 is 0 Å². The molecule has 1 fully saturated rings. The lowest BCUT2D eigenvalue weighted by molar-refractivity contribution is 0.0585. The Labute approximate surface area is 127 Å². The molecule has 0 N–H and O–H groups in total. The molecule has 6 heteroatoms. The molecule has 0 atom stereocenters. The Morgan fingerprint density at radius 1 is 1.23 bits per heavy atom. The van der Waals surface area contributed by atoms with Crippen LogP contribution in [0.5, 0.6) is 5.88 Å². The van der Waals surface area contributed by atoms with Gasteiger partial charge in [0.2, 0.25) is 5.88 Å². The van der Waals surface area contributed by atoms with E-state index in [0.717, 1.165) is 12.8 Å². The lowest BCUT2D eigenvalue weighted by Gasteiger charge is -2.31. The van der Waals surface area contributed by atoms with E-state index in [0.29, 0.717) is 24.5 Å². The zero-order chi connectivity index (χ0) is 15.4. The van der Waals surface area contributed by atoms with E-state index in [4.69, 9.17) is 4.74 Å². The fourth-order valence-electron chi connectivity index (χ4n) is 2.50. The van der Waals surface area contributed by atoms with Crippen LogP contribution in [0.4, 0.5) is 4.39 Å². The summed E-state index contributed by atoms with van der Waals surface area (Å²) < 4.78 is 18.9. The van der Waals surface area contributed by atoms with Gasteiger partial charge in [-0.05, 0) is 24.3 Å². The van der Waals surface area contributed by atoms with Gasteiger partial charge in [-0.15, -0.1) is 5.10 Å². The van der Waals surface area contributed by atoms with Crippen molar-refractivity contribution in [3.8, 4) is 5.88 Å². The van der Waals surface area contributed by atoms with Crippen molar-refractivity contribution in [1.82, 2.24) is 15.1 Å². The van der Waals surface area contributed by atoms with Crippen LogP contribution in [0.15, 0.2) is 42.6 Å². The minimum atomic E-state index is -0.397. The summed E-state index contributed by atoms with van der Waals surface area (Å²) in [6.07, 6.45) is 3.05. The number of rotatable bonds is 3. The van der Waals surface area contributed by atoms with E-state index in [-0.39, 0.29) is 12.0 Å². The molecular weight excluding hydrogens is 285 g/mol. The third-order valence-electron chi connectivity index (χ3n) is 3.64. The first kappa shape index (κ1) is 14.4.